The van der Waals surface area contributed by atoms with Gasteiger partial charge < -0.3 is 19.7 Å². The molecule has 48 heavy (non-hydrogen) atoms. The number of anilines is 2. The molecule has 1 aliphatic rings. The molecule has 0 atom stereocenters. The molecular formula is C34H40ClFN6O5S. The average molecular weight is 699 g/mol. The third-order valence-electron chi connectivity index (χ3n) is 8.19. The second kappa shape index (κ2) is 14.1. The molecule has 2 aromatic carbocycles. The number of ether oxygens (including phenoxy) is 2. The molecule has 2 heterocycles. The molecule has 1 fully saturated rings. The highest BCUT2D eigenvalue weighted by Crippen LogP contribution is 2.36. The van der Waals surface area contributed by atoms with Crippen LogP contribution >= 0.6 is 11.6 Å². The number of amides is 1. The van der Waals surface area contributed by atoms with Crippen LogP contribution in [0.15, 0.2) is 53.7 Å². The summed E-state index contributed by atoms with van der Waals surface area (Å²) in [6.07, 6.45) is 5.35. The first-order valence-corrected chi connectivity index (χ1v) is 17.6. The van der Waals surface area contributed by atoms with Gasteiger partial charge in [-0.15, -0.1) is 0 Å². The van der Waals surface area contributed by atoms with E-state index in [0.29, 0.717) is 17.9 Å². The highest BCUT2D eigenvalue weighted by Gasteiger charge is 2.30. The number of halogens is 2. The molecule has 1 saturated carbocycles. The second-order valence-corrected chi connectivity index (χ2v) is 14.8. The molecule has 5 rings (SSSR count). The van der Waals surface area contributed by atoms with Gasteiger partial charge in [-0.25, -0.2) is 19.2 Å². The Hall–Kier alpha value is -4.23. The summed E-state index contributed by atoms with van der Waals surface area (Å²) >= 11 is 6.10. The molecule has 2 N–H and O–H groups in total. The topological polar surface area (TPSA) is 136 Å². The molecule has 14 heteroatoms. The number of hydrogen-bond donors (Lipinski definition) is 2. The van der Waals surface area contributed by atoms with Gasteiger partial charge in [0.1, 0.15) is 5.60 Å². The molecule has 0 spiro atoms. The summed E-state index contributed by atoms with van der Waals surface area (Å²) in [7, 11) is -1.30. The summed E-state index contributed by atoms with van der Waals surface area (Å²) in [6, 6.07) is 11.2. The van der Waals surface area contributed by atoms with E-state index in [1.807, 2.05) is 33.8 Å². The summed E-state index contributed by atoms with van der Waals surface area (Å²) in [6.45, 7) is 7.56. The number of pyridine rings is 1. The Morgan fingerprint density at radius 3 is 2.46 bits per heavy atom. The summed E-state index contributed by atoms with van der Waals surface area (Å²) in [5.74, 6) is -0.615. The van der Waals surface area contributed by atoms with Crippen LogP contribution in [0.4, 0.5) is 20.8 Å². The Morgan fingerprint density at radius 2 is 1.81 bits per heavy atom. The van der Waals surface area contributed by atoms with Gasteiger partial charge in [0.25, 0.3) is 10.0 Å². The SMILES string of the molecule is CCc1cc(-c2cc(F)c(S(=O)(=O)Nc3ccccc3Cl)nc2OC)cc2cnc(NC3CCC(N(C)C(=O)OC(C)(C)C)CC3)nc12. The van der Waals surface area contributed by atoms with Gasteiger partial charge in [-0.05, 0) is 94.3 Å². The van der Waals surface area contributed by atoms with Crippen LogP contribution in [0.25, 0.3) is 22.0 Å². The fourth-order valence-electron chi connectivity index (χ4n) is 5.73. The standard InChI is InChI=1S/C34H40ClFN6O5S/c1-7-20-16-21(25-18-27(36)31(40-30(25)46-6)48(44,45)41-28-11-9-8-10-26(28)35)17-22-19-37-32(39-29(20)22)38-23-12-14-24(15-13-23)42(5)33(43)47-34(2,3)4/h8-11,16-19,23-24,41H,7,12-15H2,1-6H3,(H,37,38,39). The van der Waals surface area contributed by atoms with Crippen molar-refractivity contribution in [1.29, 1.82) is 0 Å². The number of fused-ring (bicyclic) bond motifs is 1. The Labute approximate surface area is 285 Å². The van der Waals surface area contributed by atoms with Crippen molar-refractivity contribution < 1.29 is 27.1 Å². The monoisotopic (exact) mass is 698 g/mol. The van der Waals surface area contributed by atoms with E-state index in [0.717, 1.165) is 48.2 Å². The van der Waals surface area contributed by atoms with E-state index >= 15 is 4.39 Å². The van der Waals surface area contributed by atoms with Gasteiger partial charge in [0.15, 0.2) is 5.82 Å². The average Bonchev–Trinajstić information content (AvgIpc) is 3.04. The quantitative estimate of drug-likeness (QED) is 0.183. The number of aryl methyl sites for hydroxylation is 1. The molecule has 0 saturated heterocycles. The van der Waals surface area contributed by atoms with Gasteiger partial charge >= 0.3 is 6.09 Å². The van der Waals surface area contributed by atoms with Crippen molar-refractivity contribution in [1.82, 2.24) is 19.9 Å². The summed E-state index contributed by atoms with van der Waals surface area (Å²) in [4.78, 5) is 27.7. The van der Waals surface area contributed by atoms with Crippen molar-refractivity contribution >= 4 is 50.3 Å². The predicted molar refractivity (Wildman–Crippen MR) is 185 cm³/mol. The van der Waals surface area contributed by atoms with Crippen LogP contribution in [-0.2, 0) is 21.2 Å². The number of hydrogen-bond acceptors (Lipinski definition) is 9. The maximum atomic E-state index is 15.5. The van der Waals surface area contributed by atoms with E-state index in [2.05, 4.69) is 20.0 Å². The molecule has 0 aliphatic heterocycles. The number of nitrogens with one attached hydrogen (secondary N) is 2. The lowest BCUT2D eigenvalue weighted by molar-refractivity contribution is 0.0185. The van der Waals surface area contributed by atoms with Gasteiger partial charge in [0, 0.05) is 36.3 Å². The van der Waals surface area contributed by atoms with Crippen LogP contribution in [0.1, 0.15) is 58.9 Å². The third-order valence-corrected chi connectivity index (χ3v) is 9.80. The Morgan fingerprint density at radius 1 is 1.10 bits per heavy atom. The normalized spacial score (nSPS) is 16.8. The lowest BCUT2D eigenvalue weighted by atomic mass is 9.90. The highest BCUT2D eigenvalue weighted by molar-refractivity contribution is 7.92. The zero-order chi connectivity index (χ0) is 34.8. The van der Waals surface area contributed by atoms with E-state index < -0.39 is 26.5 Å². The van der Waals surface area contributed by atoms with Gasteiger partial charge in [-0.1, -0.05) is 30.7 Å². The number of aromatic nitrogens is 3. The van der Waals surface area contributed by atoms with Crippen molar-refractivity contribution in [2.75, 3.05) is 24.2 Å². The van der Waals surface area contributed by atoms with Gasteiger partial charge in [-0.3, -0.25) is 4.72 Å². The lowest BCUT2D eigenvalue weighted by Gasteiger charge is -2.35. The summed E-state index contributed by atoms with van der Waals surface area (Å²) in [5, 5.41) is 3.52. The van der Waals surface area contributed by atoms with Gasteiger partial charge in [-0.2, -0.15) is 13.4 Å². The van der Waals surface area contributed by atoms with Crippen LogP contribution in [0, 0.1) is 5.82 Å². The Balaban J connectivity index is 1.35. The summed E-state index contributed by atoms with van der Waals surface area (Å²) in [5.41, 5.74) is 2.03. The molecule has 256 valence electrons. The number of benzene rings is 2. The number of rotatable bonds is 9. The minimum Gasteiger partial charge on any atom is -0.481 e. The highest BCUT2D eigenvalue weighted by atomic mass is 35.5. The van der Waals surface area contributed by atoms with E-state index in [-0.39, 0.29) is 40.3 Å². The lowest BCUT2D eigenvalue weighted by Crippen LogP contribution is -2.43. The minimum atomic E-state index is -4.43. The first-order chi connectivity index (χ1) is 22.7. The number of carbonyl (C=O) groups is 1. The van der Waals surface area contributed by atoms with Gasteiger partial charge in [0.05, 0.1) is 23.3 Å². The smallest absolute Gasteiger partial charge is 0.410 e. The molecule has 0 unspecified atom stereocenters. The van der Waals surface area contributed by atoms with Crippen molar-refractivity contribution in [2.45, 2.75) is 82.5 Å². The number of methoxy groups -OCH3 is 1. The third kappa shape index (κ3) is 7.90. The predicted octanol–water partition coefficient (Wildman–Crippen LogP) is 7.45. The second-order valence-electron chi connectivity index (χ2n) is 12.8. The van der Waals surface area contributed by atoms with Crippen LogP contribution in [0.3, 0.4) is 0 Å². The van der Waals surface area contributed by atoms with Crippen LogP contribution in [0.5, 0.6) is 5.88 Å². The van der Waals surface area contributed by atoms with Crippen molar-refractivity contribution in [2.24, 2.45) is 0 Å². The fraction of sp³-hybridized carbons (Fsp3) is 0.412. The maximum Gasteiger partial charge on any atom is 0.410 e. The summed E-state index contributed by atoms with van der Waals surface area (Å²) < 4.78 is 54.9. The molecule has 0 radical (unpaired) electrons. The largest absolute Gasteiger partial charge is 0.481 e. The molecule has 0 bridgehead atoms. The van der Waals surface area contributed by atoms with Crippen LogP contribution in [0.2, 0.25) is 5.02 Å². The minimum absolute atomic E-state index is 0.0653. The number of nitrogens with zero attached hydrogens (tertiary/aromatic N) is 4. The molecular weight excluding hydrogens is 659 g/mol. The number of sulfonamides is 1. The first kappa shape index (κ1) is 35.1. The molecule has 1 amide bonds. The van der Waals surface area contributed by atoms with E-state index in [4.69, 9.17) is 26.1 Å². The van der Waals surface area contributed by atoms with Crippen LogP contribution < -0.4 is 14.8 Å². The van der Waals surface area contributed by atoms with E-state index in [1.165, 1.54) is 19.2 Å². The van der Waals surface area contributed by atoms with Crippen LogP contribution in [-0.4, -0.2) is 66.2 Å². The fourth-order valence-corrected chi connectivity index (χ4v) is 7.05. The van der Waals surface area contributed by atoms with Crippen molar-refractivity contribution in [3.63, 3.8) is 0 Å². The molecule has 11 nitrogen and oxygen atoms in total. The Bertz CT molecular complexity index is 1930. The number of carbonyl (C=O) groups excluding carboxylic acids is 1. The number of para-hydroxylation sites is 1. The molecule has 1 aliphatic carbocycles. The van der Waals surface area contributed by atoms with Crippen molar-refractivity contribution in [3.8, 4) is 17.0 Å². The van der Waals surface area contributed by atoms with Gasteiger partial charge in [0.2, 0.25) is 16.9 Å². The zero-order valence-electron chi connectivity index (χ0n) is 27.8. The molecule has 2 aromatic heterocycles. The first-order valence-electron chi connectivity index (χ1n) is 15.7. The van der Waals surface area contributed by atoms with E-state index in [1.54, 1.807) is 36.3 Å². The molecule has 4 aromatic rings. The zero-order valence-corrected chi connectivity index (χ0v) is 29.4. The Kier molecular flexibility index (Phi) is 10.3. The van der Waals surface area contributed by atoms with Crippen molar-refractivity contribution in [3.05, 3.63) is 65.1 Å². The van der Waals surface area contributed by atoms with E-state index in [9.17, 15) is 13.2 Å². The maximum absolute atomic E-state index is 15.5.